The number of piperidine rings is 1. The molecular weight excluding hydrogens is 238 g/mol. The van der Waals surface area contributed by atoms with E-state index < -0.39 is 0 Å². The van der Waals surface area contributed by atoms with Crippen LogP contribution in [-0.2, 0) is 0 Å². The zero-order chi connectivity index (χ0) is 13.8. The minimum absolute atomic E-state index is 0.180. The summed E-state index contributed by atoms with van der Waals surface area (Å²) in [5.41, 5.74) is 2.11. The lowest BCUT2D eigenvalue weighted by molar-refractivity contribution is 0.0888. The third-order valence-corrected chi connectivity index (χ3v) is 3.73. The molecule has 0 saturated carbocycles. The number of benzene rings is 1. The van der Waals surface area contributed by atoms with E-state index in [1.807, 2.05) is 32.9 Å². The fraction of sp³-hybridized carbons (Fsp3) is 0.625. The maximum absolute atomic E-state index is 10.5. The molecule has 1 aliphatic heterocycles. The second-order valence-corrected chi connectivity index (χ2v) is 5.72. The summed E-state index contributed by atoms with van der Waals surface area (Å²) >= 11 is 0. The van der Waals surface area contributed by atoms with E-state index >= 15 is 0 Å². The number of aliphatic hydroxyl groups is 1. The predicted octanol–water partition coefficient (Wildman–Crippen LogP) is 2.82. The van der Waals surface area contributed by atoms with Crippen molar-refractivity contribution >= 4 is 0 Å². The van der Waals surface area contributed by atoms with Crippen LogP contribution in [0.2, 0.25) is 0 Å². The number of aryl methyl sites for hydroxylation is 1. The Kier molecular flexibility index (Phi) is 4.83. The summed E-state index contributed by atoms with van der Waals surface area (Å²) in [6.45, 7) is 8.11. The average Bonchev–Trinajstić information content (AvgIpc) is 2.41. The molecule has 2 rings (SSSR count). The van der Waals surface area contributed by atoms with E-state index in [0.29, 0.717) is 5.92 Å². The summed E-state index contributed by atoms with van der Waals surface area (Å²) in [6.07, 6.45) is 1.92. The van der Waals surface area contributed by atoms with Gasteiger partial charge in [0.1, 0.15) is 5.75 Å². The lowest BCUT2D eigenvalue weighted by Gasteiger charge is -2.28. The Hall–Kier alpha value is -1.06. The van der Waals surface area contributed by atoms with Crippen molar-refractivity contribution in [3.05, 3.63) is 29.3 Å². The SMILES string of the molecule is Cc1cc(C(O)C2CCNCC2)ccc1OC(C)C. The van der Waals surface area contributed by atoms with Gasteiger partial charge in [0.05, 0.1) is 12.2 Å². The molecule has 106 valence electrons. The highest BCUT2D eigenvalue weighted by Gasteiger charge is 2.23. The van der Waals surface area contributed by atoms with Crippen molar-refractivity contribution in [2.75, 3.05) is 13.1 Å². The van der Waals surface area contributed by atoms with E-state index in [0.717, 1.165) is 42.8 Å². The van der Waals surface area contributed by atoms with E-state index in [4.69, 9.17) is 4.74 Å². The van der Waals surface area contributed by atoms with Crippen LogP contribution in [-0.4, -0.2) is 24.3 Å². The summed E-state index contributed by atoms with van der Waals surface area (Å²) < 4.78 is 5.73. The third kappa shape index (κ3) is 3.71. The average molecular weight is 263 g/mol. The Balaban J connectivity index is 2.09. The number of hydrogen-bond acceptors (Lipinski definition) is 3. The number of hydrogen-bond donors (Lipinski definition) is 2. The molecule has 1 atom stereocenters. The molecule has 2 N–H and O–H groups in total. The molecule has 1 aromatic carbocycles. The van der Waals surface area contributed by atoms with Crippen LogP contribution in [0.1, 0.15) is 43.9 Å². The zero-order valence-corrected chi connectivity index (χ0v) is 12.1. The van der Waals surface area contributed by atoms with E-state index in [-0.39, 0.29) is 12.2 Å². The van der Waals surface area contributed by atoms with Gasteiger partial charge < -0.3 is 15.2 Å². The summed E-state index contributed by atoms with van der Waals surface area (Å²) in [7, 11) is 0. The van der Waals surface area contributed by atoms with Crippen molar-refractivity contribution in [1.82, 2.24) is 5.32 Å². The molecule has 1 saturated heterocycles. The first-order valence-corrected chi connectivity index (χ1v) is 7.24. The lowest BCUT2D eigenvalue weighted by atomic mass is 9.87. The van der Waals surface area contributed by atoms with Crippen LogP contribution in [0, 0.1) is 12.8 Å². The van der Waals surface area contributed by atoms with Gasteiger partial charge in [0.15, 0.2) is 0 Å². The normalized spacial score (nSPS) is 18.6. The molecule has 3 nitrogen and oxygen atoms in total. The molecular formula is C16H25NO2. The van der Waals surface area contributed by atoms with Crippen LogP contribution in [0.4, 0.5) is 0 Å². The number of ether oxygens (including phenoxy) is 1. The van der Waals surface area contributed by atoms with E-state index in [1.165, 1.54) is 0 Å². The maximum Gasteiger partial charge on any atom is 0.122 e. The van der Waals surface area contributed by atoms with Crippen molar-refractivity contribution in [3.8, 4) is 5.75 Å². The highest BCUT2D eigenvalue weighted by atomic mass is 16.5. The summed E-state index contributed by atoms with van der Waals surface area (Å²) in [5.74, 6) is 1.29. The second kappa shape index (κ2) is 6.40. The molecule has 1 heterocycles. The van der Waals surface area contributed by atoms with Gasteiger partial charge in [-0.1, -0.05) is 6.07 Å². The van der Waals surface area contributed by atoms with Crippen LogP contribution in [0.25, 0.3) is 0 Å². The van der Waals surface area contributed by atoms with Crippen molar-refractivity contribution in [2.24, 2.45) is 5.92 Å². The smallest absolute Gasteiger partial charge is 0.122 e. The Morgan fingerprint density at radius 2 is 1.95 bits per heavy atom. The maximum atomic E-state index is 10.5. The van der Waals surface area contributed by atoms with Crippen molar-refractivity contribution in [1.29, 1.82) is 0 Å². The molecule has 0 spiro atoms. The fourth-order valence-electron chi connectivity index (χ4n) is 2.67. The Bertz CT molecular complexity index is 411. The van der Waals surface area contributed by atoms with Gasteiger partial charge in [-0.05, 0) is 75.9 Å². The summed E-state index contributed by atoms with van der Waals surface area (Å²) in [4.78, 5) is 0. The third-order valence-electron chi connectivity index (χ3n) is 3.73. The molecule has 1 unspecified atom stereocenters. The van der Waals surface area contributed by atoms with Gasteiger partial charge in [-0.15, -0.1) is 0 Å². The van der Waals surface area contributed by atoms with Crippen molar-refractivity contribution < 1.29 is 9.84 Å². The van der Waals surface area contributed by atoms with Gasteiger partial charge in [0.25, 0.3) is 0 Å². The van der Waals surface area contributed by atoms with E-state index in [2.05, 4.69) is 11.4 Å². The molecule has 0 bridgehead atoms. The monoisotopic (exact) mass is 263 g/mol. The summed E-state index contributed by atoms with van der Waals surface area (Å²) in [5, 5.41) is 13.8. The molecule has 1 aromatic rings. The molecule has 0 aliphatic carbocycles. The van der Waals surface area contributed by atoms with Crippen LogP contribution in [0.3, 0.4) is 0 Å². The molecule has 0 radical (unpaired) electrons. The Morgan fingerprint density at radius 1 is 1.26 bits per heavy atom. The first kappa shape index (κ1) is 14.4. The van der Waals surface area contributed by atoms with Gasteiger partial charge in [-0.2, -0.15) is 0 Å². The molecule has 1 aliphatic rings. The number of nitrogens with one attached hydrogen (secondary N) is 1. The van der Waals surface area contributed by atoms with Gasteiger partial charge in [-0.3, -0.25) is 0 Å². The topological polar surface area (TPSA) is 41.5 Å². The fourth-order valence-corrected chi connectivity index (χ4v) is 2.67. The number of rotatable bonds is 4. The van der Waals surface area contributed by atoms with Crippen molar-refractivity contribution in [3.63, 3.8) is 0 Å². The minimum Gasteiger partial charge on any atom is -0.491 e. The Labute approximate surface area is 116 Å². The first-order valence-electron chi connectivity index (χ1n) is 7.24. The second-order valence-electron chi connectivity index (χ2n) is 5.72. The van der Waals surface area contributed by atoms with Crippen LogP contribution in [0.5, 0.6) is 5.75 Å². The molecule has 19 heavy (non-hydrogen) atoms. The molecule has 0 amide bonds. The van der Waals surface area contributed by atoms with Crippen LogP contribution < -0.4 is 10.1 Å². The van der Waals surface area contributed by atoms with Crippen molar-refractivity contribution in [2.45, 2.75) is 45.8 Å². The van der Waals surface area contributed by atoms with Gasteiger partial charge in [-0.25, -0.2) is 0 Å². The van der Waals surface area contributed by atoms with Crippen LogP contribution in [0.15, 0.2) is 18.2 Å². The predicted molar refractivity (Wildman–Crippen MR) is 77.5 cm³/mol. The standard InChI is InChI=1S/C16H25NO2/c1-11(2)19-15-5-4-14(10-12(15)3)16(18)13-6-8-17-9-7-13/h4-5,10-11,13,16-18H,6-9H2,1-3H3. The van der Waals surface area contributed by atoms with Gasteiger partial charge in [0, 0.05) is 0 Å². The lowest BCUT2D eigenvalue weighted by Crippen LogP contribution is -2.30. The summed E-state index contributed by atoms with van der Waals surface area (Å²) in [6, 6.07) is 6.04. The highest BCUT2D eigenvalue weighted by molar-refractivity contribution is 5.37. The Morgan fingerprint density at radius 3 is 2.53 bits per heavy atom. The zero-order valence-electron chi connectivity index (χ0n) is 12.1. The first-order chi connectivity index (χ1) is 9.08. The minimum atomic E-state index is -0.353. The largest absolute Gasteiger partial charge is 0.491 e. The van der Waals surface area contributed by atoms with Crippen LogP contribution >= 0.6 is 0 Å². The quantitative estimate of drug-likeness (QED) is 0.877. The van der Waals surface area contributed by atoms with E-state index in [9.17, 15) is 5.11 Å². The van der Waals surface area contributed by atoms with Gasteiger partial charge >= 0.3 is 0 Å². The highest BCUT2D eigenvalue weighted by Crippen LogP contribution is 2.31. The molecule has 3 heteroatoms. The van der Waals surface area contributed by atoms with E-state index in [1.54, 1.807) is 0 Å². The van der Waals surface area contributed by atoms with Gasteiger partial charge in [0.2, 0.25) is 0 Å². The molecule has 0 aromatic heterocycles. The number of aliphatic hydroxyl groups excluding tert-OH is 1. The molecule has 1 fully saturated rings.